The molecule has 2 N–H and O–H groups in total. The topological polar surface area (TPSA) is 119 Å². The van der Waals surface area contributed by atoms with E-state index in [1.54, 1.807) is 0 Å². The number of ether oxygens (including phenoxy) is 1. The largest absolute Gasteiger partial charge is 0.445 e. The SMILES string of the molecule is CC(C)C[C@H](CC(=O)[C@@H](Cc1cccc2ccccc12)NC(=O)OCc1ccccc1)C(=O)N[C@H](C=O)C[C@@H]1CCCCC1=O. The number of carbonyl (C=O) groups is 5. The highest BCUT2D eigenvalue weighted by Gasteiger charge is 2.32. The molecule has 0 radical (unpaired) electrons. The maximum absolute atomic E-state index is 13.9. The molecule has 0 spiro atoms. The first kappa shape index (κ1) is 33.6. The number of benzene rings is 3. The fourth-order valence-electron chi connectivity index (χ4n) is 6.14. The lowest BCUT2D eigenvalue weighted by molar-refractivity contribution is -0.132. The molecule has 0 aromatic heterocycles. The van der Waals surface area contributed by atoms with Gasteiger partial charge in [0.1, 0.15) is 18.7 Å². The van der Waals surface area contributed by atoms with Crippen molar-refractivity contribution in [1.29, 1.82) is 0 Å². The van der Waals surface area contributed by atoms with Gasteiger partial charge in [-0.25, -0.2) is 4.79 Å². The lowest BCUT2D eigenvalue weighted by Gasteiger charge is -2.26. The number of ketones is 2. The van der Waals surface area contributed by atoms with E-state index in [2.05, 4.69) is 10.6 Å². The molecule has 1 aliphatic carbocycles. The van der Waals surface area contributed by atoms with E-state index in [1.807, 2.05) is 86.6 Å². The average Bonchev–Trinajstić information content (AvgIpc) is 3.04. The molecular weight excluding hydrogens is 568 g/mol. The van der Waals surface area contributed by atoms with E-state index >= 15 is 0 Å². The highest BCUT2D eigenvalue weighted by atomic mass is 16.5. The predicted octanol–water partition coefficient (Wildman–Crippen LogP) is 6.13. The zero-order valence-electron chi connectivity index (χ0n) is 26.2. The Morgan fingerprint density at radius 1 is 0.933 bits per heavy atom. The van der Waals surface area contributed by atoms with Crippen molar-refractivity contribution in [3.63, 3.8) is 0 Å². The van der Waals surface area contributed by atoms with Gasteiger partial charge in [0.05, 0.1) is 12.1 Å². The first-order valence-corrected chi connectivity index (χ1v) is 16.0. The van der Waals surface area contributed by atoms with Gasteiger partial charge in [-0.2, -0.15) is 0 Å². The molecule has 0 saturated heterocycles. The number of aldehydes is 1. The van der Waals surface area contributed by atoms with Crippen LogP contribution < -0.4 is 10.6 Å². The van der Waals surface area contributed by atoms with E-state index in [1.165, 1.54) is 0 Å². The fraction of sp³-hybridized carbons (Fsp3) is 0.432. The van der Waals surface area contributed by atoms with Gasteiger partial charge in [-0.15, -0.1) is 0 Å². The molecule has 1 saturated carbocycles. The molecule has 0 heterocycles. The molecule has 0 bridgehead atoms. The van der Waals surface area contributed by atoms with Gasteiger partial charge in [-0.05, 0) is 53.5 Å². The summed E-state index contributed by atoms with van der Waals surface area (Å²) in [6.45, 7) is 3.99. The highest BCUT2D eigenvalue weighted by Crippen LogP contribution is 2.26. The van der Waals surface area contributed by atoms with E-state index in [9.17, 15) is 24.0 Å². The van der Waals surface area contributed by atoms with Crippen LogP contribution in [0.1, 0.15) is 69.9 Å². The van der Waals surface area contributed by atoms with Crippen molar-refractivity contribution in [3.05, 3.63) is 83.9 Å². The molecule has 4 atom stereocenters. The summed E-state index contributed by atoms with van der Waals surface area (Å²) in [5.74, 6) is -1.41. The molecule has 4 rings (SSSR count). The summed E-state index contributed by atoms with van der Waals surface area (Å²) in [4.78, 5) is 64.7. The lowest BCUT2D eigenvalue weighted by atomic mass is 9.83. The number of fused-ring (bicyclic) bond motifs is 1. The molecule has 1 fully saturated rings. The van der Waals surface area contributed by atoms with Crippen LogP contribution in [0.4, 0.5) is 4.79 Å². The van der Waals surface area contributed by atoms with Gasteiger partial charge in [0.2, 0.25) is 5.91 Å². The van der Waals surface area contributed by atoms with Gasteiger partial charge in [-0.1, -0.05) is 93.1 Å². The molecule has 3 aromatic carbocycles. The summed E-state index contributed by atoms with van der Waals surface area (Å²) in [5.41, 5.74) is 1.70. The van der Waals surface area contributed by atoms with E-state index < -0.39 is 30.0 Å². The molecule has 0 aliphatic heterocycles. The zero-order valence-corrected chi connectivity index (χ0v) is 26.2. The minimum Gasteiger partial charge on any atom is -0.445 e. The monoisotopic (exact) mass is 612 g/mol. The van der Waals surface area contributed by atoms with Crippen molar-refractivity contribution >= 4 is 40.6 Å². The van der Waals surface area contributed by atoms with Crippen LogP contribution in [-0.2, 0) is 36.9 Å². The number of amides is 2. The summed E-state index contributed by atoms with van der Waals surface area (Å²) >= 11 is 0. The second kappa shape index (κ2) is 16.7. The number of carbonyl (C=O) groups excluding carboxylic acids is 5. The van der Waals surface area contributed by atoms with Gasteiger partial charge in [0.15, 0.2) is 5.78 Å². The van der Waals surface area contributed by atoms with Crippen molar-refractivity contribution in [2.45, 2.75) is 83.9 Å². The van der Waals surface area contributed by atoms with Crippen molar-refractivity contribution in [3.8, 4) is 0 Å². The van der Waals surface area contributed by atoms with Crippen molar-refractivity contribution in [2.24, 2.45) is 17.8 Å². The molecule has 238 valence electrons. The fourth-order valence-corrected chi connectivity index (χ4v) is 6.14. The van der Waals surface area contributed by atoms with E-state index in [-0.39, 0.29) is 49.3 Å². The third kappa shape index (κ3) is 10.1. The maximum Gasteiger partial charge on any atom is 0.408 e. The molecule has 1 aliphatic rings. The van der Waals surface area contributed by atoms with Crippen LogP contribution >= 0.6 is 0 Å². The second-order valence-electron chi connectivity index (χ2n) is 12.5. The summed E-state index contributed by atoms with van der Waals surface area (Å²) in [7, 11) is 0. The molecule has 8 heteroatoms. The molecule has 3 aromatic rings. The van der Waals surface area contributed by atoms with Crippen LogP contribution in [0.5, 0.6) is 0 Å². The van der Waals surface area contributed by atoms with Crippen molar-refractivity contribution in [1.82, 2.24) is 10.6 Å². The van der Waals surface area contributed by atoms with E-state index in [0.29, 0.717) is 19.1 Å². The average molecular weight is 613 g/mol. The van der Waals surface area contributed by atoms with Crippen molar-refractivity contribution in [2.75, 3.05) is 0 Å². The molecule has 8 nitrogen and oxygen atoms in total. The Labute approximate surface area is 265 Å². The normalized spacial score (nSPS) is 16.9. The summed E-state index contributed by atoms with van der Waals surface area (Å²) in [6.07, 6.45) is 3.77. The van der Waals surface area contributed by atoms with Gasteiger partial charge in [0, 0.05) is 31.1 Å². The molecule has 2 amide bonds. The van der Waals surface area contributed by atoms with Crippen LogP contribution in [0, 0.1) is 17.8 Å². The van der Waals surface area contributed by atoms with Gasteiger partial charge < -0.3 is 20.2 Å². The van der Waals surface area contributed by atoms with Gasteiger partial charge >= 0.3 is 6.09 Å². The van der Waals surface area contributed by atoms with Crippen molar-refractivity contribution < 1.29 is 28.7 Å². The lowest BCUT2D eigenvalue weighted by Crippen LogP contribution is -2.46. The standard InChI is InChI=1S/C37H44N2O6/c1-25(2)19-30(36(43)38-31(23-40)20-29-14-7-9-18-34(29)41)22-35(42)33(39-37(44)45-24-26-11-4-3-5-12-26)21-28-16-10-15-27-13-6-8-17-32(27)28/h3-6,8,10-13,15-17,23,25,29-31,33H,7,9,14,18-22,24H2,1-2H3,(H,38,43)(H,39,44)/t29-,30+,31-,33+/m0/s1. The van der Waals surface area contributed by atoms with Gasteiger partial charge in [0.25, 0.3) is 0 Å². The Morgan fingerprint density at radius 2 is 1.67 bits per heavy atom. The Kier molecular flexibility index (Phi) is 12.4. The predicted molar refractivity (Wildman–Crippen MR) is 173 cm³/mol. The van der Waals surface area contributed by atoms with Crippen LogP contribution in [0.25, 0.3) is 10.8 Å². The first-order valence-electron chi connectivity index (χ1n) is 16.0. The highest BCUT2D eigenvalue weighted by molar-refractivity contribution is 5.93. The number of Topliss-reactive ketones (excluding diaryl/α,β-unsaturated/α-hetero) is 2. The molecule has 0 unspecified atom stereocenters. The molecule has 45 heavy (non-hydrogen) atoms. The minimum atomic E-state index is -0.941. The second-order valence-corrected chi connectivity index (χ2v) is 12.5. The number of alkyl carbamates (subject to hydrolysis) is 1. The Hall–Kier alpha value is -4.33. The number of nitrogens with one attached hydrogen (secondary N) is 2. The van der Waals surface area contributed by atoms with E-state index in [0.717, 1.165) is 41.2 Å². The number of rotatable bonds is 15. The minimum absolute atomic E-state index is 0.0524. The molecular formula is C37H44N2O6. The first-order chi connectivity index (χ1) is 21.7. The number of hydrogen-bond donors (Lipinski definition) is 2. The third-order valence-electron chi connectivity index (χ3n) is 8.48. The van der Waals surface area contributed by atoms with Crippen LogP contribution in [0.3, 0.4) is 0 Å². The Bertz CT molecular complexity index is 1460. The summed E-state index contributed by atoms with van der Waals surface area (Å²) in [5, 5.41) is 7.57. The maximum atomic E-state index is 13.9. The smallest absolute Gasteiger partial charge is 0.408 e. The van der Waals surface area contributed by atoms with E-state index in [4.69, 9.17) is 4.74 Å². The van der Waals surface area contributed by atoms with Crippen LogP contribution in [0.15, 0.2) is 72.8 Å². The Balaban J connectivity index is 1.50. The Morgan fingerprint density at radius 3 is 2.40 bits per heavy atom. The summed E-state index contributed by atoms with van der Waals surface area (Å²) < 4.78 is 5.45. The summed E-state index contributed by atoms with van der Waals surface area (Å²) in [6, 6.07) is 21.2. The van der Waals surface area contributed by atoms with Crippen LogP contribution in [0.2, 0.25) is 0 Å². The van der Waals surface area contributed by atoms with Gasteiger partial charge in [-0.3, -0.25) is 14.4 Å². The van der Waals surface area contributed by atoms with Crippen LogP contribution in [-0.4, -0.2) is 41.9 Å². The number of hydrogen-bond acceptors (Lipinski definition) is 6. The third-order valence-corrected chi connectivity index (χ3v) is 8.48. The quantitative estimate of drug-likeness (QED) is 0.199. The zero-order chi connectivity index (χ0) is 32.2.